The zero-order chi connectivity index (χ0) is 22.0. The number of hydrogen-bond donors (Lipinski definition) is 1. The Kier molecular flexibility index (Phi) is 6.83. The Balaban J connectivity index is 2.09. The molecule has 29 heavy (non-hydrogen) atoms. The van der Waals surface area contributed by atoms with Gasteiger partial charge in [0.05, 0.1) is 6.61 Å². The van der Waals surface area contributed by atoms with Crippen LogP contribution in [0.2, 0.25) is 0 Å². The Hall–Kier alpha value is -2.28. The minimum Gasteiger partial charge on any atom is -0.370 e. The van der Waals surface area contributed by atoms with Crippen molar-refractivity contribution in [2.45, 2.75) is 44.0 Å². The van der Waals surface area contributed by atoms with Crippen molar-refractivity contribution in [3.8, 4) is 0 Å². The molecule has 1 aliphatic rings. The summed E-state index contributed by atoms with van der Waals surface area (Å²) in [5.74, 6) is -5.65. The molecule has 0 aliphatic carbocycles. The van der Waals surface area contributed by atoms with Crippen molar-refractivity contribution in [2.75, 3.05) is 6.61 Å². The van der Waals surface area contributed by atoms with Gasteiger partial charge in [-0.1, -0.05) is 12.1 Å². The Labute approximate surface area is 158 Å². The Morgan fingerprint density at radius 1 is 1.17 bits per heavy atom. The first-order valence-corrected chi connectivity index (χ1v) is 7.91. The van der Waals surface area contributed by atoms with Gasteiger partial charge in [0.1, 0.15) is 12.3 Å². The van der Waals surface area contributed by atoms with Crippen molar-refractivity contribution >= 4 is 11.6 Å². The summed E-state index contributed by atoms with van der Waals surface area (Å²) >= 11 is 0. The maximum atomic E-state index is 13.2. The molecule has 1 amide bonds. The fourth-order valence-electron chi connectivity index (χ4n) is 2.34. The first-order valence-electron chi connectivity index (χ1n) is 7.91. The number of aliphatic hydroxyl groups is 1. The predicted octanol–water partition coefficient (Wildman–Crippen LogP) is 3.52. The third-order valence-corrected chi connectivity index (χ3v) is 3.91. The minimum absolute atomic E-state index is 0.131. The van der Waals surface area contributed by atoms with Gasteiger partial charge in [0.2, 0.25) is 5.72 Å². The molecule has 2 rings (SSSR count). The molecule has 1 aromatic rings. The van der Waals surface area contributed by atoms with Gasteiger partial charge in [0.25, 0.3) is 18.8 Å². The zero-order valence-electron chi connectivity index (χ0n) is 14.3. The van der Waals surface area contributed by atoms with Crippen LogP contribution in [0.25, 0.3) is 0 Å². The average molecular weight is 434 g/mol. The number of carbonyl (C=O) groups excluding carboxylic acids is 1. The molecule has 1 atom stereocenters. The van der Waals surface area contributed by atoms with E-state index in [4.69, 9.17) is 0 Å². The molecule has 1 N–H and O–H groups in total. The molecule has 0 aromatic heterocycles. The molecule has 0 saturated heterocycles. The summed E-state index contributed by atoms with van der Waals surface area (Å²) in [5, 5.41) is 12.9. The number of nitrogens with zero attached hydrogens (tertiary/aromatic N) is 2. The molecule has 0 radical (unpaired) electrons. The third kappa shape index (κ3) is 5.01. The lowest BCUT2D eigenvalue weighted by Crippen LogP contribution is -2.51. The molecule has 1 aromatic carbocycles. The van der Waals surface area contributed by atoms with Crippen LogP contribution in [0.1, 0.15) is 22.3 Å². The lowest BCUT2D eigenvalue weighted by atomic mass is 10.1. The molecule has 0 fully saturated rings. The average Bonchev–Trinajstić information content (AvgIpc) is 3.01. The van der Waals surface area contributed by atoms with E-state index in [1.807, 2.05) is 0 Å². The van der Waals surface area contributed by atoms with E-state index in [-0.39, 0.29) is 16.1 Å². The van der Waals surface area contributed by atoms with E-state index in [0.29, 0.717) is 0 Å². The van der Waals surface area contributed by atoms with Crippen LogP contribution in [0.5, 0.6) is 0 Å². The summed E-state index contributed by atoms with van der Waals surface area (Å²) in [6.45, 7) is -2.07. The molecular formula is C16H14F8N2O3. The number of hydrazone groups is 1. The maximum Gasteiger partial charge on any atom is 0.330 e. The number of halogens is 8. The van der Waals surface area contributed by atoms with Crippen LogP contribution in [0.3, 0.4) is 0 Å². The van der Waals surface area contributed by atoms with E-state index in [0.717, 1.165) is 24.3 Å². The van der Waals surface area contributed by atoms with E-state index in [9.17, 15) is 45.0 Å². The van der Waals surface area contributed by atoms with E-state index < -0.39 is 62.2 Å². The number of hydrogen-bond acceptors (Lipinski definition) is 4. The third-order valence-electron chi connectivity index (χ3n) is 3.91. The highest BCUT2D eigenvalue weighted by Crippen LogP contribution is 2.34. The van der Waals surface area contributed by atoms with Crippen molar-refractivity contribution in [3.63, 3.8) is 0 Å². The van der Waals surface area contributed by atoms with Crippen molar-refractivity contribution in [1.29, 1.82) is 0 Å². The second-order valence-electron chi connectivity index (χ2n) is 6.12. The number of ether oxygens (including phenoxy) is 1. The first-order chi connectivity index (χ1) is 13.4. The summed E-state index contributed by atoms with van der Waals surface area (Å²) in [6.07, 6.45) is -12.0. The normalized spacial score (nSPS) is 20.1. The number of amides is 1. The van der Waals surface area contributed by atoms with Gasteiger partial charge < -0.3 is 9.84 Å². The largest absolute Gasteiger partial charge is 0.370 e. The summed E-state index contributed by atoms with van der Waals surface area (Å²) in [5.41, 5.74) is -4.49. The second kappa shape index (κ2) is 8.61. The highest BCUT2D eigenvalue weighted by atomic mass is 19.3. The van der Waals surface area contributed by atoms with Crippen LogP contribution in [0.4, 0.5) is 35.1 Å². The van der Waals surface area contributed by atoms with Gasteiger partial charge in [-0.25, -0.2) is 26.3 Å². The van der Waals surface area contributed by atoms with Gasteiger partial charge >= 0.3 is 12.3 Å². The van der Waals surface area contributed by atoms with E-state index >= 15 is 0 Å². The smallest absolute Gasteiger partial charge is 0.330 e. The maximum absolute atomic E-state index is 13.2. The lowest BCUT2D eigenvalue weighted by Gasteiger charge is -2.30. The Morgan fingerprint density at radius 2 is 1.76 bits per heavy atom. The van der Waals surface area contributed by atoms with Gasteiger partial charge in [-0.15, -0.1) is 0 Å². The van der Waals surface area contributed by atoms with Crippen molar-refractivity contribution < 1.29 is 49.8 Å². The van der Waals surface area contributed by atoms with Crippen molar-refractivity contribution in [1.82, 2.24) is 5.01 Å². The quantitative estimate of drug-likeness (QED) is 0.637. The van der Waals surface area contributed by atoms with E-state index in [1.165, 1.54) is 0 Å². The number of alkyl halides is 8. The highest BCUT2D eigenvalue weighted by molar-refractivity contribution is 5.99. The molecule has 5 nitrogen and oxygen atoms in total. The monoisotopic (exact) mass is 434 g/mol. The summed E-state index contributed by atoms with van der Waals surface area (Å²) in [7, 11) is 0. The SMILES string of the molecule is O=C(c1ccc(COCC(F)(F)C(F)F)cc1)N1N=C(C(F)F)C[C@]1(O)C(F)F. The predicted molar refractivity (Wildman–Crippen MR) is 82.2 cm³/mol. The van der Waals surface area contributed by atoms with E-state index in [1.54, 1.807) is 0 Å². The van der Waals surface area contributed by atoms with Crippen molar-refractivity contribution in [3.05, 3.63) is 35.4 Å². The molecule has 13 heteroatoms. The van der Waals surface area contributed by atoms with Crippen LogP contribution in [0, 0.1) is 0 Å². The fourth-order valence-corrected chi connectivity index (χ4v) is 2.34. The lowest BCUT2D eigenvalue weighted by molar-refractivity contribution is -0.168. The topological polar surface area (TPSA) is 62.1 Å². The number of rotatable bonds is 8. The summed E-state index contributed by atoms with van der Waals surface area (Å²) < 4.78 is 106. The minimum atomic E-state index is -4.34. The van der Waals surface area contributed by atoms with Gasteiger partial charge in [0, 0.05) is 12.0 Å². The molecule has 1 aliphatic heterocycles. The first kappa shape index (κ1) is 23.0. The fraction of sp³-hybridized carbons (Fsp3) is 0.500. The van der Waals surface area contributed by atoms with E-state index in [2.05, 4.69) is 9.84 Å². The van der Waals surface area contributed by atoms with Crippen LogP contribution < -0.4 is 0 Å². The molecule has 0 bridgehead atoms. The molecule has 162 valence electrons. The molecular weight excluding hydrogens is 420 g/mol. The molecule has 0 saturated carbocycles. The Bertz CT molecular complexity index is 757. The van der Waals surface area contributed by atoms with Gasteiger partial charge in [0.15, 0.2) is 0 Å². The standard InChI is InChI=1S/C16H14F8N2O3/c17-11(18)10-5-16(28,14(21)22)26(25-10)12(27)9-3-1-8(2-4-9)6-29-7-15(23,24)13(19)20/h1-4,11,13-14,28H,5-7H2/t16-/m0/s1. The van der Waals surface area contributed by atoms with Crippen LogP contribution >= 0.6 is 0 Å². The van der Waals surface area contributed by atoms with Crippen LogP contribution in [-0.2, 0) is 11.3 Å². The molecule has 0 spiro atoms. The van der Waals surface area contributed by atoms with Gasteiger partial charge in [-0.3, -0.25) is 4.79 Å². The number of carbonyl (C=O) groups is 1. The zero-order valence-corrected chi connectivity index (χ0v) is 14.3. The van der Waals surface area contributed by atoms with Gasteiger partial charge in [-0.05, 0) is 17.7 Å². The number of benzene rings is 1. The summed E-state index contributed by atoms with van der Waals surface area (Å²) in [4.78, 5) is 12.3. The van der Waals surface area contributed by atoms with Crippen LogP contribution in [0.15, 0.2) is 29.4 Å². The highest BCUT2D eigenvalue weighted by Gasteiger charge is 2.53. The molecule has 1 heterocycles. The second-order valence-corrected chi connectivity index (χ2v) is 6.12. The van der Waals surface area contributed by atoms with Crippen molar-refractivity contribution in [2.24, 2.45) is 5.10 Å². The van der Waals surface area contributed by atoms with Gasteiger partial charge in [-0.2, -0.15) is 18.9 Å². The van der Waals surface area contributed by atoms with Crippen LogP contribution in [-0.4, -0.2) is 59.3 Å². The Morgan fingerprint density at radius 3 is 2.24 bits per heavy atom. The molecule has 0 unspecified atom stereocenters. The summed E-state index contributed by atoms with van der Waals surface area (Å²) in [6, 6.07) is 4.33.